The van der Waals surface area contributed by atoms with Crippen molar-refractivity contribution in [1.82, 2.24) is 14.9 Å². The molecule has 1 aromatic carbocycles. The number of allylic oxidation sites excluding steroid dienone is 3. The van der Waals surface area contributed by atoms with Crippen LogP contribution >= 0.6 is 0 Å². The molecule has 0 bridgehead atoms. The minimum absolute atomic E-state index is 0.182. The molecule has 23 heavy (non-hydrogen) atoms. The number of benzene rings is 1. The molecule has 0 aliphatic heterocycles. The molecule has 0 saturated heterocycles. The summed E-state index contributed by atoms with van der Waals surface area (Å²) in [5.74, 6) is 1.31. The zero-order valence-electron chi connectivity index (χ0n) is 13.6. The average Bonchev–Trinajstić information content (AvgIpc) is 2.99. The fourth-order valence-corrected chi connectivity index (χ4v) is 2.22. The standard InChI is InChI=1S/C18H21N3O2/c1-4-5-6-10-16(22)20-17(18-19-11-12-21(18)2)14-8-7-9-15(13-14)23-3/h4-13,17H,1-3H3,(H,20,22)/b5-4+,10-6+. The van der Waals surface area contributed by atoms with Crippen molar-refractivity contribution in [3.05, 3.63) is 72.4 Å². The van der Waals surface area contributed by atoms with Crippen LogP contribution in [-0.2, 0) is 11.8 Å². The Bertz CT molecular complexity index is 717. The van der Waals surface area contributed by atoms with Gasteiger partial charge < -0.3 is 14.6 Å². The van der Waals surface area contributed by atoms with Crippen molar-refractivity contribution >= 4 is 5.91 Å². The van der Waals surface area contributed by atoms with E-state index in [1.54, 1.807) is 25.5 Å². The van der Waals surface area contributed by atoms with E-state index in [2.05, 4.69) is 10.3 Å². The van der Waals surface area contributed by atoms with Crippen LogP contribution in [0.2, 0.25) is 0 Å². The van der Waals surface area contributed by atoms with Gasteiger partial charge in [0.2, 0.25) is 5.91 Å². The lowest BCUT2D eigenvalue weighted by atomic mass is 10.1. The van der Waals surface area contributed by atoms with Crippen molar-refractivity contribution in [2.24, 2.45) is 7.05 Å². The fraction of sp³-hybridized carbons (Fsp3) is 0.222. The first-order valence-corrected chi connectivity index (χ1v) is 7.36. The van der Waals surface area contributed by atoms with Gasteiger partial charge in [-0.05, 0) is 24.6 Å². The smallest absolute Gasteiger partial charge is 0.244 e. The minimum Gasteiger partial charge on any atom is -0.497 e. The van der Waals surface area contributed by atoms with E-state index in [4.69, 9.17) is 4.74 Å². The molecule has 2 rings (SSSR count). The van der Waals surface area contributed by atoms with Gasteiger partial charge >= 0.3 is 0 Å². The van der Waals surface area contributed by atoms with Gasteiger partial charge in [0.25, 0.3) is 0 Å². The van der Waals surface area contributed by atoms with Gasteiger partial charge in [0.1, 0.15) is 17.6 Å². The Morgan fingerprint density at radius 2 is 2.22 bits per heavy atom. The molecule has 1 amide bonds. The number of aromatic nitrogens is 2. The number of carbonyl (C=O) groups excluding carboxylic acids is 1. The molecular formula is C18H21N3O2. The van der Waals surface area contributed by atoms with Crippen LogP contribution < -0.4 is 10.1 Å². The SMILES string of the molecule is C/C=C/C=C/C(=O)NC(c1cccc(OC)c1)c1nccn1C. The highest BCUT2D eigenvalue weighted by atomic mass is 16.5. The topological polar surface area (TPSA) is 56.1 Å². The van der Waals surface area contributed by atoms with Crippen LogP contribution in [0.25, 0.3) is 0 Å². The molecule has 1 aromatic heterocycles. The quantitative estimate of drug-likeness (QED) is 0.659. The molecule has 0 spiro atoms. The summed E-state index contributed by atoms with van der Waals surface area (Å²) in [5, 5.41) is 2.99. The number of ether oxygens (including phenoxy) is 1. The van der Waals surface area contributed by atoms with E-state index in [1.807, 2.05) is 55.1 Å². The van der Waals surface area contributed by atoms with Crippen LogP contribution in [0.5, 0.6) is 5.75 Å². The van der Waals surface area contributed by atoms with E-state index in [1.165, 1.54) is 6.08 Å². The number of methoxy groups -OCH3 is 1. The first kappa shape index (κ1) is 16.5. The number of nitrogens with one attached hydrogen (secondary N) is 1. The summed E-state index contributed by atoms with van der Waals surface area (Å²) in [6.07, 6.45) is 10.4. The zero-order valence-corrected chi connectivity index (χ0v) is 13.6. The largest absolute Gasteiger partial charge is 0.497 e. The Morgan fingerprint density at radius 3 is 2.87 bits per heavy atom. The van der Waals surface area contributed by atoms with E-state index in [0.717, 1.165) is 17.1 Å². The van der Waals surface area contributed by atoms with Crippen LogP contribution in [0.4, 0.5) is 0 Å². The van der Waals surface area contributed by atoms with Crippen molar-refractivity contribution in [1.29, 1.82) is 0 Å². The fourth-order valence-electron chi connectivity index (χ4n) is 2.22. The summed E-state index contributed by atoms with van der Waals surface area (Å²) in [6, 6.07) is 7.25. The van der Waals surface area contributed by atoms with E-state index in [0.29, 0.717) is 0 Å². The van der Waals surface area contributed by atoms with Gasteiger partial charge in [0.05, 0.1) is 7.11 Å². The number of carbonyl (C=O) groups is 1. The van der Waals surface area contributed by atoms with Gasteiger partial charge in [-0.1, -0.05) is 30.4 Å². The van der Waals surface area contributed by atoms with Crippen molar-refractivity contribution < 1.29 is 9.53 Å². The molecule has 0 saturated carbocycles. The second-order valence-corrected chi connectivity index (χ2v) is 5.00. The molecule has 1 N–H and O–H groups in total. The minimum atomic E-state index is -0.354. The summed E-state index contributed by atoms with van der Waals surface area (Å²) in [4.78, 5) is 16.5. The summed E-state index contributed by atoms with van der Waals surface area (Å²) in [5.41, 5.74) is 0.909. The highest BCUT2D eigenvalue weighted by Gasteiger charge is 2.20. The first-order chi connectivity index (χ1) is 11.2. The number of rotatable bonds is 6. The van der Waals surface area contributed by atoms with Gasteiger partial charge in [-0.15, -0.1) is 0 Å². The van der Waals surface area contributed by atoms with Gasteiger partial charge in [0.15, 0.2) is 0 Å². The number of aryl methyl sites for hydroxylation is 1. The maximum Gasteiger partial charge on any atom is 0.244 e. The van der Waals surface area contributed by atoms with Gasteiger partial charge in [-0.2, -0.15) is 0 Å². The summed E-state index contributed by atoms with van der Waals surface area (Å²) in [6.45, 7) is 1.90. The Labute approximate surface area is 136 Å². The number of nitrogens with zero attached hydrogens (tertiary/aromatic N) is 2. The number of hydrogen-bond donors (Lipinski definition) is 1. The van der Waals surface area contributed by atoms with Crippen molar-refractivity contribution in [3.63, 3.8) is 0 Å². The molecule has 0 fully saturated rings. The zero-order chi connectivity index (χ0) is 16.7. The lowest BCUT2D eigenvalue weighted by Crippen LogP contribution is -2.29. The predicted octanol–water partition coefficient (Wildman–Crippen LogP) is 2.77. The molecular weight excluding hydrogens is 290 g/mol. The Morgan fingerprint density at radius 1 is 1.39 bits per heavy atom. The lowest BCUT2D eigenvalue weighted by molar-refractivity contribution is -0.117. The van der Waals surface area contributed by atoms with Crippen LogP contribution in [0.1, 0.15) is 24.4 Å². The van der Waals surface area contributed by atoms with Gasteiger partial charge in [0, 0.05) is 25.5 Å². The highest BCUT2D eigenvalue weighted by molar-refractivity contribution is 5.88. The van der Waals surface area contributed by atoms with Crippen molar-refractivity contribution in [2.45, 2.75) is 13.0 Å². The van der Waals surface area contributed by atoms with Crippen molar-refractivity contribution in [3.8, 4) is 5.75 Å². The summed E-state index contributed by atoms with van der Waals surface area (Å²) in [7, 11) is 3.52. The number of imidazole rings is 1. The van der Waals surface area contributed by atoms with E-state index in [-0.39, 0.29) is 11.9 Å². The van der Waals surface area contributed by atoms with Crippen LogP contribution in [0.3, 0.4) is 0 Å². The predicted molar refractivity (Wildman–Crippen MR) is 90.1 cm³/mol. The van der Waals surface area contributed by atoms with E-state index >= 15 is 0 Å². The highest BCUT2D eigenvalue weighted by Crippen LogP contribution is 2.24. The second kappa shape index (κ2) is 7.98. The molecule has 0 aliphatic rings. The molecule has 5 nitrogen and oxygen atoms in total. The average molecular weight is 311 g/mol. The van der Waals surface area contributed by atoms with Crippen LogP contribution in [-0.4, -0.2) is 22.6 Å². The first-order valence-electron chi connectivity index (χ1n) is 7.36. The maximum atomic E-state index is 12.2. The monoisotopic (exact) mass is 311 g/mol. The summed E-state index contributed by atoms with van der Waals surface area (Å²) < 4.78 is 7.16. The Hall–Kier alpha value is -2.82. The molecule has 5 heteroatoms. The third-order valence-corrected chi connectivity index (χ3v) is 3.38. The third-order valence-electron chi connectivity index (χ3n) is 3.38. The Balaban J connectivity index is 2.32. The molecule has 1 unspecified atom stereocenters. The van der Waals surface area contributed by atoms with Crippen LogP contribution in [0, 0.1) is 0 Å². The molecule has 0 aliphatic carbocycles. The molecule has 2 aromatic rings. The molecule has 120 valence electrons. The van der Waals surface area contributed by atoms with E-state index in [9.17, 15) is 4.79 Å². The van der Waals surface area contributed by atoms with E-state index < -0.39 is 0 Å². The normalized spacial score (nSPS) is 12.7. The summed E-state index contributed by atoms with van der Waals surface area (Å²) >= 11 is 0. The second-order valence-electron chi connectivity index (χ2n) is 5.00. The molecule has 1 atom stereocenters. The van der Waals surface area contributed by atoms with Gasteiger partial charge in [-0.25, -0.2) is 4.98 Å². The maximum absolute atomic E-state index is 12.2. The van der Waals surface area contributed by atoms with Crippen LogP contribution in [0.15, 0.2) is 61.0 Å². The van der Waals surface area contributed by atoms with Gasteiger partial charge in [-0.3, -0.25) is 4.79 Å². The lowest BCUT2D eigenvalue weighted by Gasteiger charge is -2.19. The third kappa shape index (κ3) is 4.32. The van der Waals surface area contributed by atoms with Crippen molar-refractivity contribution in [2.75, 3.05) is 7.11 Å². The molecule has 1 heterocycles. The number of amides is 1. The number of hydrogen-bond acceptors (Lipinski definition) is 3. The molecule has 0 radical (unpaired) electrons. The Kier molecular flexibility index (Phi) is 5.74.